The maximum atomic E-state index is 11.6. The highest BCUT2D eigenvalue weighted by atomic mass is 16.5. The van der Waals surface area contributed by atoms with Crippen molar-refractivity contribution in [2.45, 2.75) is 46.6 Å². The van der Waals surface area contributed by atoms with E-state index in [9.17, 15) is 9.59 Å². The molecule has 0 unspecified atom stereocenters. The smallest absolute Gasteiger partial charge is 0.328 e. The Labute approximate surface area is 97.7 Å². The van der Waals surface area contributed by atoms with Gasteiger partial charge in [0, 0.05) is 6.42 Å². The van der Waals surface area contributed by atoms with Gasteiger partial charge in [-0.05, 0) is 11.8 Å². The summed E-state index contributed by atoms with van der Waals surface area (Å²) in [5.41, 5.74) is 0. The van der Waals surface area contributed by atoms with E-state index in [1.165, 1.54) is 7.11 Å². The highest BCUT2D eigenvalue weighted by Crippen LogP contribution is 2.10. The van der Waals surface area contributed by atoms with Crippen LogP contribution in [0.3, 0.4) is 0 Å². The second-order valence-electron chi connectivity index (χ2n) is 4.55. The molecule has 0 aliphatic carbocycles. The van der Waals surface area contributed by atoms with Gasteiger partial charge in [0.05, 0.1) is 7.11 Å². The van der Waals surface area contributed by atoms with Crippen LogP contribution in [-0.4, -0.2) is 25.0 Å². The molecule has 0 heterocycles. The number of carbonyl (C=O) groups excluding carboxylic acids is 2. The fourth-order valence-corrected chi connectivity index (χ4v) is 1.40. The summed E-state index contributed by atoms with van der Waals surface area (Å²) in [6.07, 6.45) is 1.26. The Hall–Kier alpha value is -1.06. The molecule has 4 nitrogen and oxygen atoms in total. The fourth-order valence-electron chi connectivity index (χ4n) is 1.40. The Balaban J connectivity index is 4.43. The quantitative estimate of drug-likeness (QED) is 0.706. The van der Waals surface area contributed by atoms with Gasteiger partial charge < -0.3 is 10.1 Å². The van der Waals surface area contributed by atoms with E-state index in [0.717, 1.165) is 6.42 Å². The van der Waals surface area contributed by atoms with E-state index in [4.69, 9.17) is 0 Å². The van der Waals surface area contributed by atoms with Gasteiger partial charge >= 0.3 is 5.97 Å². The van der Waals surface area contributed by atoms with Crippen molar-refractivity contribution in [3.05, 3.63) is 0 Å². The highest BCUT2D eigenvalue weighted by Gasteiger charge is 2.26. The molecule has 94 valence electrons. The van der Waals surface area contributed by atoms with Gasteiger partial charge in [0.15, 0.2) is 0 Å². The van der Waals surface area contributed by atoms with E-state index in [1.54, 1.807) is 0 Å². The Bertz CT molecular complexity index is 238. The lowest BCUT2D eigenvalue weighted by Crippen LogP contribution is -2.45. The normalized spacial score (nSPS) is 14.4. The van der Waals surface area contributed by atoms with Crippen LogP contribution in [0.4, 0.5) is 0 Å². The third kappa shape index (κ3) is 5.14. The summed E-state index contributed by atoms with van der Waals surface area (Å²) in [6, 6.07) is -0.527. The number of ether oxygens (including phenoxy) is 1. The van der Waals surface area contributed by atoms with Gasteiger partial charge in [0.25, 0.3) is 0 Å². The van der Waals surface area contributed by atoms with Gasteiger partial charge in [0.2, 0.25) is 5.91 Å². The lowest BCUT2D eigenvalue weighted by Gasteiger charge is -2.22. The van der Waals surface area contributed by atoms with Crippen LogP contribution in [0.25, 0.3) is 0 Å². The maximum Gasteiger partial charge on any atom is 0.328 e. The summed E-state index contributed by atoms with van der Waals surface area (Å²) in [5, 5.41) is 2.74. The van der Waals surface area contributed by atoms with E-state index >= 15 is 0 Å². The van der Waals surface area contributed by atoms with Crippen LogP contribution >= 0.6 is 0 Å². The van der Waals surface area contributed by atoms with E-state index in [2.05, 4.69) is 10.1 Å². The van der Waals surface area contributed by atoms with E-state index in [1.807, 2.05) is 27.7 Å². The van der Waals surface area contributed by atoms with Gasteiger partial charge in [-0.1, -0.05) is 34.1 Å². The first-order chi connectivity index (χ1) is 7.42. The Morgan fingerprint density at radius 1 is 1.25 bits per heavy atom. The van der Waals surface area contributed by atoms with Crippen LogP contribution in [-0.2, 0) is 14.3 Å². The Kier molecular flexibility index (Phi) is 6.77. The molecule has 0 saturated heterocycles. The van der Waals surface area contributed by atoms with Crippen molar-refractivity contribution in [3.8, 4) is 0 Å². The van der Waals surface area contributed by atoms with Crippen molar-refractivity contribution >= 4 is 11.9 Å². The van der Waals surface area contributed by atoms with Crippen molar-refractivity contribution in [1.29, 1.82) is 0 Å². The number of esters is 1. The topological polar surface area (TPSA) is 55.4 Å². The molecule has 0 bridgehead atoms. The zero-order chi connectivity index (χ0) is 12.7. The van der Waals surface area contributed by atoms with Crippen LogP contribution in [0.15, 0.2) is 0 Å². The summed E-state index contributed by atoms with van der Waals surface area (Å²) in [4.78, 5) is 23.1. The molecule has 4 heteroatoms. The molecule has 0 spiro atoms. The molecule has 0 aromatic carbocycles. The summed E-state index contributed by atoms with van der Waals surface area (Å²) in [7, 11) is 1.34. The molecule has 16 heavy (non-hydrogen) atoms. The third-order valence-corrected chi connectivity index (χ3v) is 2.58. The molecule has 0 saturated carbocycles. The largest absolute Gasteiger partial charge is 0.467 e. The van der Waals surface area contributed by atoms with Crippen molar-refractivity contribution in [1.82, 2.24) is 5.32 Å². The first kappa shape index (κ1) is 14.9. The van der Waals surface area contributed by atoms with Gasteiger partial charge in [-0.15, -0.1) is 0 Å². The molecular formula is C12H23NO3. The minimum Gasteiger partial charge on any atom is -0.467 e. The predicted molar refractivity (Wildman–Crippen MR) is 62.9 cm³/mol. The molecule has 1 N–H and O–H groups in total. The number of carbonyl (C=O) groups is 2. The standard InChI is InChI=1S/C12H23NO3/c1-6-9(4)11(12(15)16-5)13-10(14)7-8(2)3/h8-9,11H,6-7H2,1-5H3,(H,13,14)/t9-,11-/m0/s1. The van der Waals surface area contributed by atoms with Crippen LogP contribution in [0.2, 0.25) is 0 Å². The van der Waals surface area contributed by atoms with E-state index in [-0.39, 0.29) is 23.7 Å². The van der Waals surface area contributed by atoms with Crippen LogP contribution in [0.5, 0.6) is 0 Å². The Morgan fingerprint density at radius 2 is 1.81 bits per heavy atom. The molecule has 0 aromatic rings. The lowest BCUT2D eigenvalue weighted by molar-refractivity contribution is -0.146. The fraction of sp³-hybridized carbons (Fsp3) is 0.833. The summed E-state index contributed by atoms with van der Waals surface area (Å²) < 4.78 is 4.69. The third-order valence-electron chi connectivity index (χ3n) is 2.58. The van der Waals surface area contributed by atoms with E-state index < -0.39 is 6.04 Å². The van der Waals surface area contributed by atoms with Gasteiger partial charge in [-0.2, -0.15) is 0 Å². The first-order valence-electron chi connectivity index (χ1n) is 5.79. The average Bonchev–Trinajstić information content (AvgIpc) is 2.22. The van der Waals surface area contributed by atoms with E-state index in [0.29, 0.717) is 6.42 Å². The average molecular weight is 229 g/mol. The molecule has 0 aliphatic heterocycles. The van der Waals surface area contributed by atoms with Crippen LogP contribution in [0.1, 0.15) is 40.5 Å². The van der Waals surface area contributed by atoms with Crippen molar-refractivity contribution in [2.75, 3.05) is 7.11 Å². The number of methoxy groups -OCH3 is 1. The zero-order valence-electron chi connectivity index (χ0n) is 10.9. The molecule has 1 amide bonds. The molecule has 0 fully saturated rings. The minimum absolute atomic E-state index is 0.0866. The number of amides is 1. The molecule has 0 rings (SSSR count). The molecule has 0 radical (unpaired) electrons. The number of rotatable bonds is 6. The van der Waals surface area contributed by atoms with Crippen LogP contribution in [0, 0.1) is 11.8 Å². The van der Waals surface area contributed by atoms with Gasteiger partial charge in [0.1, 0.15) is 6.04 Å². The number of hydrogen-bond acceptors (Lipinski definition) is 3. The molecule has 2 atom stereocenters. The highest BCUT2D eigenvalue weighted by molar-refractivity contribution is 5.84. The monoisotopic (exact) mass is 229 g/mol. The second-order valence-corrected chi connectivity index (χ2v) is 4.55. The predicted octanol–water partition coefficient (Wildman–Crippen LogP) is 1.74. The number of hydrogen-bond donors (Lipinski definition) is 1. The van der Waals surface area contributed by atoms with Gasteiger partial charge in [-0.25, -0.2) is 4.79 Å². The molecule has 0 aromatic heterocycles. The van der Waals surface area contributed by atoms with Gasteiger partial charge in [-0.3, -0.25) is 4.79 Å². The second kappa shape index (κ2) is 7.25. The minimum atomic E-state index is -0.527. The number of nitrogens with one attached hydrogen (secondary N) is 1. The SMILES string of the molecule is CC[C@H](C)[C@H](NC(=O)CC(C)C)C(=O)OC. The van der Waals surface area contributed by atoms with Crippen molar-refractivity contribution in [2.24, 2.45) is 11.8 Å². The maximum absolute atomic E-state index is 11.6. The molecule has 0 aliphatic rings. The lowest BCUT2D eigenvalue weighted by atomic mass is 9.98. The summed E-state index contributed by atoms with van der Waals surface area (Å²) in [6.45, 7) is 7.85. The van der Waals surface area contributed by atoms with Crippen LogP contribution < -0.4 is 5.32 Å². The summed E-state index contributed by atoms with van der Waals surface area (Å²) >= 11 is 0. The Morgan fingerprint density at radius 3 is 2.19 bits per heavy atom. The summed E-state index contributed by atoms with van der Waals surface area (Å²) in [5.74, 6) is -0.0871. The van der Waals surface area contributed by atoms with Crippen molar-refractivity contribution in [3.63, 3.8) is 0 Å². The zero-order valence-corrected chi connectivity index (χ0v) is 10.9. The van der Waals surface area contributed by atoms with Crippen molar-refractivity contribution < 1.29 is 14.3 Å². The first-order valence-corrected chi connectivity index (χ1v) is 5.79. The molecular weight excluding hydrogens is 206 g/mol.